The van der Waals surface area contributed by atoms with E-state index in [2.05, 4.69) is 10.3 Å². The molecule has 1 atom stereocenters. The Morgan fingerprint density at radius 2 is 1.74 bits per heavy atom. The fraction of sp³-hybridized carbons (Fsp3) is 0.481. The van der Waals surface area contributed by atoms with E-state index in [1.54, 1.807) is 6.07 Å². The maximum absolute atomic E-state index is 13.0. The smallest absolute Gasteiger partial charge is 0.406 e. The van der Waals surface area contributed by atoms with Crippen molar-refractivity contribution < 1.29 is 35.9 Å². The summed E-state index contributed by atoms with van der Waals surface area (Å²) in [6, 6.07) is 11.8. The summed E-state index contributed by atoms with van der Waals surface area (Å²) in [7, 11) is 0. The zero-order valence-corrected chi connectivity index (χ0v) is 21.4. The van der Waals surface area contributed by atoms with Gasteiger partial charge in [0.2, 0.25) is 0 Å². The molecule has 1 amide bonds. The summed E-state index contributed by atoms with van der Waals surface area (Å²) in [4.78, 5) is 17.2. The minimum Gasteiger partial charge on any atom is -0.494 e. The normalized spacial score (nSPS) is 16.4. The van der Waals surface area contributed by atoms with Gasteiger partial charge in [0.15, 0.2) is 0 Å². The number of aromatic nitrogens is 2. The van der Waals surface area contributed by atoms with Crippen molar-refractivity contribution >= 4 is 16.9 Å². The molecule has 3 aromatic rings. The summed E-state index contributed by atoms with van der Waals surface area (Å²) in [6.45, 7) is -0.112. The Bertz CT molecular complexity index is 1250. The summed E-state index contributed by atoms with van der Waals surface area (Å²) < 4.78 is 85.3. The maximum atomic E-state index is 13.0. The Hall–Kier alpha value is -3.28. The van der Waals surface area contributed by atoms with Gasteiger partial charge in [-0.25, -0.2) is 4.98 Å². The van der Waals surface area contributed by atoms with Gasteiger partial charge in [-0.05, 0) is 62.2 Å². The van der Waals surface area contributed by atoms with Gasteiger partial charge in [0.05, 0.1) is 17.6 Å². The zero-order chi connectivity index (χ0) is 28.2. The Labute approximate surface area is 221 Å². The van der Waals surface area contributed by atoms with Crippen molar-refractivity contribution in [2.75, 3.05) is 26.2 Å². The van der Waals surface area contributed by atoms with E-state index in [-0.39, 0.29) is 16.5 Å². The Morgan fingerprint density at radius 3 is 2.33 bits per heavy atom. The third kappa shape index (κ3) is 7.87. The molecule has 1 aromatic heterocycles. The van der Waals surface area contributed by atoms with Crippen LogP contribution in [0.5, 0.6) is 5.75 Å². The second-order valence-electron chi connectivity index (χ2n) is 9.63. The fourth-order valence-electron chi connectivity index (χ4n) is 4.82. The van der Waals surface area contributed by atoms with Crippen LogP contribution in [0.1, 0.15) is 47.9 Å². The van der Waals surface area contributed by atoms with Crippen LogP contribution in [0.2, 0.25) is 0 Å². The topological polar surface area (TPSA) is 59.4 Å². The molecule has 0 saturated carbocycles. The van der Waals surface area contributed by atoms with Crippen LogP contribution in [0.25, 0.3) is 11.0 Å². The average Bonchev–Trinajstić information content (AvgIpc) is 3.19. The minimum atomic E-state index is -4.98. The van der Waals surface area contributed by atoms with Crippen LogP contribution in [0.3, 0.4) is 0 Å². The van der Waals surface area contributed by atoms with Crippen LogP contribution in [-0.2, 0) is 13.0 Å². The highest BCUT2D eigenvalue weighted by Crippen LogP contribution is 2.26. The quantitative estimate of drug-likeness (QED) is 0.342. The monoisotopic (exact) mass is 556 g/mol. The van der Waals surface area contributed by atoms with E-state index in [0.717, 1.165) is 37.1 Å². The molecule has 12 heteroatoms. The van der Waals surface area contributed by atoms with Gasteiger partial charge in [0, 0.05) is 24.6 Å². The van der Waals surface area contributed by atoms with Crippen LogP contribution in [0.15, 0.2) is 42.5 Å². The first-order valence-corrected chi connectivity index (χ1v) is 12.8. The number of ether oxygens (including phenoxy) is 1. The number of nitrogens with zero attached hydrogens (tertiary/aromatic N) is 3. The number of fused-ring (bicyclic) bond motifs is 1. The van der Waals surface area contributed by atoms with Crippen molar-refractivity contribution in [2.45, 2.75) is 57.5 Å². The summed E-state index contributed by atoms with van der Waals surface area (Å²) in [5, 5.41) is 3.48. The molecule has 1 N–H and O–H groups in total. The highest BCUT2D eigenvalue weighted by Gasteiger charge is 2.40. The molecule has 1 saturated heterocycles. The standard InChI is InChI=1S/C27H30F6N4O2/c1-2-39-21-9-6-18(7-10-21)13-24-35-22-14-19(25(38)36(16-26(28,29)30)17-27(31,32)33)8-11-23(22)37(24)15-20-5-3-4-12-34-20/h6-11,14,20,34H,2-5,12-13,15-17H2,1H3/t20-/m1/s1. The molecule has 0 spiro atoms. The van der Waals surface area contributed by atoms with Gasteiger partial charge in [0.25, 0.3) is 5.91 Å². The van der Waals surface area contributed by atoms with Gasteiger partial charge in [-0.2, -0.15) is 26.3 Å². The maximum Gasteiger partial charge on any atom is 0.406 e. The van der Waals surface area contributed by atoms with Gasteiger partial charge in [0.1, 0.15) is 24.7 Å². The number of nitrogens with one attached hydrogen (secondary N) is 1. The molecule has 6 nitrogen and oxygen atoms in total. The van der Waals surface area contributed by atoms with Crippen molar-refractivity contribution in [2.24, 2.45) is 0 Å². The van der Waals surface area contributed by atoms with Crippen LogP contribution in [0.4, 0.5) is 26.3 Å². The van der Waals surface area contributed by atoms with Gasteiger partial charge >= 0.3 is 12.4 Å². The van der Waals surface area contributed by atoms with Gasteiger partial charge < -0.3 is 19.5 Å². The zero-order valence-electron chi connectivity index (χ0n) is 21.4. The summed E-state index contributed by atoms with van der Waals surface area (Å²) in [5.41, 5.74) is 1.64. The Balaban J connectivity index is 1.68. The van der Waals surface area contributed by atoms with E-state index >= 15 is 0 Å². The number of imidazole rings is 1. The number of hydrogen-bond acceptors (Lipinski definition) is 4. The number of carbonyl (C=O) groups excluding carboxylic acids is 1. The van der Waals surface area contributed by atoms with Crippen molar-refractivity contribution in [1.29, 1.82) is 0 Å². The lowest BCUT2D eigenvalue weighted by atomic mass is 10.0. The SMILES string of the molecule is CCOc1ccc(Cc2nc3cc(C(=O)N(CC(F)(F)F)CC(F)(F)F)ccc3n2C[C@H]2CCCCN2)cc1. The number of halogens is 6. The van der Waals surface area contributed by atoms with E-state index in [4.69, 9.17) is 4.74 Å². The Morgan fingerprint density at radius 1 is 1.05 bits per heavy atom. The molecular weight excluding hydrogens is 526 g/mol. The first-order chi connectivity index (χ1) is 18.4. The number of alkyl halides is 6. The highest BCUT2D eigenvalue weighted by molar-refractivity contribution is 5.97. The summed E-state index contributed by atoms with van der Waals surface area (Å²) in [5.74, 6) is 0.0447. The van der Waals surface area contributed by atoms with Crippen LogP contribution >= 0.6 is 0 Å². The van der Waals surface area contributed by atoms with E-state index < -0.39 is 31.3 Å². The van der Waals surface area contributed by atoms with Crippen molar-refractivity contribution in [3.8, 4) is 5.75 Å². The minimum absolute atomic E-state index is 0.186. The molecule has 2 heterocycles. The third-order valence-electron chi connectivity index (χ3n) is 6.51. The van der Waals surface area contributed by atoms with E-state index in [9.17, 15) is 31.1 Å². The number of benzene rings is 2. The van der Waals surface area contributed by atoms with Crippen molar-refractivity contribution in [3.63, 3.8) is 0 Å². The molecule has 212 valence electrons. The number of piperidine rings is 1. The average molecular weight is 557 g/mol. The predicted molar refractivity (Wildman–Crippen MR) is 134 cm³/mol. The number of amides is 1. The largest absolute Gasteiger partial charge is 0.494 e. The predicted octanol–water partition coefficient (Wildman–Crippen LogP) is 5.73. The molecule has 4 rings (SSSR count). The summed E-state index contributed by atoms with van der Waals surface area (Å²) >= 11 is 0. The Kier molecular flexibility index (Phi) is 8.73. The van der Waals surface area contributed by atoms with Gasteiger partial charge in [-0.15, -0.1) is 0 Å². The molecule has 2 aromatic carbocycles. The second kappa shape index (κ2) is 11.8. The van der Waals surface area contributed by atoms with Crippen LogP contribution < -0.4 is 10.1 Å². The fourth-order valence-corrected chi connectivity index (χ4v) is 4.82. The molecule has 39 heavy (non-hydrogen) atoms. The van der Waals surface area contributed by atoms with Gasteiger partial charge in [-0.3, -0.25) is 4.79 Å². The molecule has 1 aliphatic heterocycles. The number of carbonyl (C=O) groups is 1. The number of hydrogen-bond donors (Lipinski definition) is 1. The van der Waals surface area contributed by atoms with Crippen LogP contribution in [-0.4, -0.2) is 65.0 Å². The lowest BCUT2D eigenvalue weighted by Gasteiger charge is -2.25. The molecular formula is C27H30F6N4O2. The van der Waals surface area contributed by atoms with Crippen molar-refractivity contribution in [1.82, 2.24) is 19.8 Å². The summed E-state index contributed by atoms with van der Waals surface area (Å²) in [6.07, 6.45) is -6.41. The molecule has 0 unspecified atom stereocenters. The number of rotatable bonds is 9. The van der Waals surface area contributed by atoms with E-state index in [0.29, 0.717) is 36.4 Å². The second-order valence-corrected chi connectivity index (χ2v) is 9.63. The lowest BCUT2D eigenvalue weighted by Crippen LogP contribution is -2.44. The van der Waals surface area contributed by atoms with Crippen LogP contribution in [0, 0.1) is 0 Å². The van der Waals surface area contributed by atoms with E-state index in [1.807, 2.05) is 35.8 Å². The van der Waals surface area contributed by atoms with Gasteiger partial charge in [-0.1, -0.05) is 18.6 Å². The highest BCUT2D eigenvalue weighted by atomic mass is 19.4. The lowest BCUT2D eigenvalue weighted by molar-refractivity contribution is -0.171. The third-order valence-corrected chi connectivity index (χ3v) is 6.51. The van der Waals surface area contributed by atoms with Crippen molar-refractivity contribution in [3.05, 3.63) is 59.4 Å². The molecule has 0 aliphatic carbocycles. The molecule has 1 aliphatic rings. The first-order valence-electron chi connectivity index (χ1n) is 12.8. The van der Waals surface area contributed by atoms with E-state index in [1.165, 1.54) is 12.1 Å². The first kappa shape index (κ1) is 28.7. The molecule has 0 radical (unpaired) electrons. The molecule has 0 bridgehead atoms. The molecule has 1 fully saturated rings.